The van der Waals surface area contributed by atoms with Crippen LogP contribution >= 0.6 is 0 Å². The molecule has 0 aromatic rings. The standard InChI is InChI=1S/2K.NO3.HNO2/c;;2-1(3)4;2-1-3/h;;;(H,2,3)/q2*+1;-1;/p-1. The second-order valence-corrected chi connectivity index (χ2v) is 0.298. The first-order valence-electron chi connectivity index (χ1n) is 0.913. The molecule has 0 heterocycles. The van der Waals surface area contributed by atoms with Crippen LogP contribution in [0.3, 0.4) is 0 Å². The molecule has 0 aliphatic carbocycles. The Morgan fingerprint density at radius 1 is 1.22 bits per heavy atom. The van der Waals surface area contributed by atoms with Crippen molar-refractivity contribution in [1.29, 1.82) is 0 Å². The fourth-order valence-corrected chi connectivity index (χ4v) is 0. The third-order valence-electron chi connectivity index (χ3n) is 0. The van der Waals surface area contributed by atoms with Crippen LogP contribution in [0.25, 0.3) is 0 Å². The van der Waals surface area contributed by atoms with Crippen LogP contribution in [0.1, 0.15) is 0 Å². The van der Waals surface area contributed by atoms with E-state index in [4.69, 9.17) is 25.4 Å². The van der Waals surface area contributed by atoms with E-state index in [2.05, 4.69) is 0 Å². The molecule has 0 aliphatic heterocycles. The van der Waals surface area contributed by atoms with Crippen molar-refractivity contribution in [2.45, 2.75) is 0 Å². The maximum absolute atomic E-state index is 8.25. The van der Waals surface area contributed by atoms with E-state index in [-0.39, 0.29) is 103 Å². The van der Waals surface area contributed by atoms with E-state index in [0.717, 1.165) is 5.34 Å². The van der Waals surface area contributed by atoms with E-state index in [9.17, 15) is 0 Å². The van der Waals surface area contributed by atoms with E-state index in [1.807, 2.05) is 0 Å². The van der Waals surface area contributed by atoms with Crippen molar-refractivity contribution in [2.75, 3.05) is 0 Å². The van der Waals surface area contributed by atoms with Crippen molar-refractivity contribution < 1.29 is 108 Å². The Morgan fingerprint density at radius 3 is 1.22 bits per heavy atom. The zero-order valence-electron chi connectivity index (χ0n) is 4.94. The van der Waals surface area contributed by atoms with Gasteiger partial charge in [0.05, 0.1) is 5.09 Å². The molecule has 7 nitrogen and oxygen atoms in total. The first-order valence-corrected chi connectivity index (χ1v) is 0.913. The maximum atomic E-state index is 8.25. The van der Waals surface area contributed by atoms with Gasteiger partial charge >= 0.3 is 103 Å². The predicted octanol–water partition coefficient (Wildman–Crippen LogP) is -5.98. The van der Waals surface area contributed by atoms with Gasteiger partial charge in [-0.2, -0.15) is 0 Å². The number of hydrogen-bond acceptors (Lipinski definition) is 6. The third kappa shape index (κ3) is 174. The first kappa shape index (κ1) is 22.4. The van der Waals surface area contributed by atoms with Gasteiger partial charge in [-0.25, -0.2) is 0 Å². The smallest absolute Gasteiger partial charge is 0.444 e. The molecule has 9 heteroatoms. The van der Waals surface area contributed by atoms with Crippen LogP contribution in [-0.2, 0) is 0 Å². The maximum Gasteiger partial charge on any atom is 1.00 e. The fourth-order valence-electron chi connectivity index (χ4n) is 0. The van der Waals surface area contributed by atoms with Crippen LogP contribution < -0.4 is 103 Å². The van der Waals surface area contributed by atoms with Crippen LogP contribution in [-0.4, -0.2) is 5.09 Å². The molecule has 0 unspecified atom stereocenters. The zero-order chi connectivity index (χ0) is 6.28. The van der Waals surface area contributed by atoms with Gasteiger partial charge in [-0.05, 0) is 0 Å². The summed E-state index contributed by atoms with van der Waals surface area (Å²) in [7, 11) is 0. The normalized spacial score (nSPS) is 4.00. The van der Waals surface area contributed by atoms with Crippen molar-refractivity contribution in [3.8, 4) is 0 Å². The van der Waals surface area contributed by atoms with E-state index in [1.165, 1.54) is 0 Å². The molecule has 0 saturated carbocycles. The van der Waals surface area contributed by atoms with Crippen molar-refractivity contribution in [3.63, 3.8) is 0 Å². The second-order valence-electron chi connectivity index (χ2n) is 0.298. The summed E-state index contributed by atoms with van der Waals surface area (Å²) in [6.07, 6.45) is 0. The van der Waals surface area contributed by atoms with E-state index >= 15 is 0 Å². The van der Waals surface area contributed by atoms with Gasteiger partial charge in [0.25, 0.3) is 0 Å². The molecular formula is K2N2O5. The van der Waals surface area contributed by atoms with Crippen molar-refractivity contribution >= 4 is 0 Å². The van der Waals surface area contributed by atoms with Gasteiger partial charge in [-0.3, -0.25) is 0 Å². The minimum absolute atomic E-state index is 0. The summed E-state index contributed by atoms with van der Waals surface area (Å²) in [5, 5.41) is 23.8. The molecule has 0 aliphatic rings. The SMILES string of the molecule is O=N[O-].O=[N+]([O-])[O-].[K+].[K+]. The molecular weight excluding hydrogens is 186 g/mol. The quantitative estimate of drug-likeness (QED) is 0.161. The van der Waals surface area contributed by atoms with Gasteiger partial charge in [0, 0.05) is 0 Å². The zero-order valence-corrected chi connectivity index (χ0v) is 11.2. The summed E-state index contributed by atoms with van der Waals surface area (Å²) in [6, 6.07) is 0. The molecule has 0 bridgehead atoms. The first-order chi connectivity index (χ1) is 3.15. The Morgan fingerprint density at radius 2 is 1.22 bits per heavy atom. The molecule has 0 amide bonds. The topological polar surface area (TPSA) is 119 Å². The fraction of sp³-hybridized carbons (Fsp3) is 0. The molecule has 0 aromatic carbocycles. The second kappa shape index (κ2) is 22.5. The Labute approximate surface area is 135 Å². The third-order valence-corrected chi connectivity index (χ3v) is 0. The average Bonchev–Trinajstić information content (AvgIpc) is 1.33. The summed E-state index contributed by atoms with van der Waals surface area (Å²) in [6.45, 7) is 0. The van der Waals surface area contributed by atoms with E-state index in [0.29, 0.717) is 0 Å². The summed E-state index contributed by atoms with van der Waals surface area (Å²) in [4.78, 5) is 16.2. The Bertz CT molecular complexity index is 60.0. The molecule has 0 N–H and O–H groups in total. The molecule has 0 aromatic heterocycles. The van der Waals surface area contributed by atoms with Gasteiger partial charge in [0.1, 0.15) is 0 Å². The Hall–Kier alpha value is 1.87. The molecule has 0 atom stereocenters. The largest absolute Gasteiger partial charge is 1.00 e. The van der Waals surface area contributed by atoms with Crippen LogP contribution in [0.4, 0.5) is 0 Å². The average molecular weight is 186 g/mol. The monoisotopic (exact) mass is 186 g/mol. The van der Waals surface area contributed by atoms with Crippen LogP contribution in [0.2, 0.25) is 0 Å². The van der Waals surface area contributed by atoms with Crippen molar-refractivity contribution in [1.82, 2.24) is 0 Å². The van der Waals surface area contributed by atoms with Crippen LogP contribution in [0.15, 0.2) is 5.34 Å². The van der Waals surface area contributed by atoms with Gasteiger partial charge in [0.15, 0.2) is 0 Å². The number of nitrogens with zero attached hydrogens (tertiary/aromatic N) is 2. The molecule has 0 saturated heterocycles. The molecule has 0 rings (SSSR count). The summed E-state index contributed by atoms with van der Waals surface area (Å²) < 4.78 is 0. The van der Waals surface area contributed by atoms with Gasteiger partial charge in [-0.1, -0.05) is 0 Å². The van der Waals surface area contributed by atoms with E-state index < -0.39 is 5.09 Å². The van der Waals surface area contributed by atoms with Gasteiger partial charge in [0.2, 0.25) is 0 Å². The van der Waals surface area contributed by atoms with Gasteiger partial charge in [-0.15, -0.1) is 5.34 Å². The van der Waals surface area contributed by atoms with Crippen LogP contribution in [0, 0.1) is 25.4 Å². The molecule has 0 spiro atoms. The summed E-state index contributed by atoms with van der Waals surface area (Å²) in [5.41, 5.74) is 0. The van der Waals surface area contributed by atoms with Crippen LogP contribution in [0.5, 0.6) is 0 Å². The minimum Gasteiger partial charge on any atom is -0.444 e. The summed E-state index contributed by atoms with van der Waals surface area (Å²) >= 11 is 0. The Balaban J connectivity index is -0.0000000233. The van der Waals surface area contributed by atoms with Crippen molar-refractivity contribution in [2.24, 2.45) is 5.34 Å². The Kier molecular flexibility index (Phi) is 56.2. The molecule has 42 valence electrons. The molecule has 0 fully saturated rings. The molecule has 0 radical (unpaired) electrons. The molecule has 9 heavy (non-hydrogen) atoms. The number of hydrogen-bond donors (Lipinski definition) is 0. The minimum atomic E-state index is -1.75. The summed E-state index contributed by atoms with van der Waals surface area (Å²) in [5.74, 6) is 0. The van der Waals surface area contributed by atoms with Gasteiger partial charge < -0.3 is 25.4 Å². The number of rotatable bonds is 0. The predicted molar refractivity (Wildman–Crippen MR) is 19.5 cm³/mol. The van der Waals surface area contributed by atoms with E-state index in [1.54, 1.807) is 0 Å². The van der Waals surface area contributed by atoms with Crippen molar-refractivity contribution in [3.05, 3.63) is 25.4 Å².